The van der Waals surface area contributed by atoms with E-state index in [4.69, 9.17) is 4.98 Å². The fraction of sp³-hybridized carbons (Fsp3) is 0.150. The Morgan fingerprint density at radius 3 is 2.12 bits per heavy atom. The third kappa shape index (κ3) is 3.74. The minimum Gasteiger partial charge on any atom is -0.293 e. The summed E-state index contributed by atoms with van der Waals surface area (Å²) in [5, 5.41) is 10.0. The van der Waals surface area contributed by atoms with E-state index in [1.165, 1.54) is 71.0 Å². The highest BCUT2D eigenvalue weighted by molar-refractivity contribution is 6.15. The van der Waals surface area contributed by atoms with Crippen LogP contribution in [-0.2, 0) is 12.5 Å². The lowest BCUT2D eigenvalue weighted by Crippen LogP contribution is -2.31. The zero-order valence-corrected chi connectivity index (χ0v) is 25.3. The monoisotopic (exact) mass is 556 g/mol. The van der Waals surface area contributed by atoms with Gasteiger partial charge in [-0.3, -0.25) is 4.57 Å². The summed E-state index contributed by atoms with van der Waals surface area (Å²) < 4.78 is 4.62. The molecule has 8 rings (SSSR count). The van der Waals surface area contributed by atoms with Gasteiger partial charge < -0.3 is 0 Å². The molecular weight excluding hydrogens is 522 g/mol. The Bertz CT molecular complexity index is 2350. The molecular formula is C40H34N3+. The van der Waals surface area contributed by atoms with E-state index in [1.807, 2.05) is 12.3 Å². The molecule has 0 unspecified atom stereocenters. The zero-order chi connectivity index (χ0) is 29.5. The third-order valence-electron chi connectivity index (χ3n) is 9.20. The van der Waals surface area contributed by atoms with E-state index in [1.54, 1.807) is 0 Å². The highest BCUT2D eigenvalue weighted by Gasteiger charge is 2.25. The van der Waals surface area contributed by atoms with Crippen LogP contribution in [0, 0.1) is 6.92 Å². The minimum absolute atomic E-state index is 0.0170. The second-order valence-corrected chi connectivity index (χ2v) is 12.8. The van der Waals surface area contributed by atoms with Gasteiger partial charge in [-0.1, -0.05) is 81.4 Å². The van der Waals surface area contributed by atoms with Gasteiger partial charge in [0.25, 0.3) is 0 Å². The summed E-state index contributed by atoms with van der Waals surface area (Å²) in [5.41, 5.74) is 8.55. The van der Waals surface area contributed by atoms with E-state index in [-0.39, 0.29) is 5.41 Å². The molecule has 0 bridgehead atoms. The second-order valence-electron chi connectivity index (χ2n) is 12.8. The smallest absolute Gasteiger partial charge is 0.220 e. The Labute approximate surface area is 251 Å². The average Bonchev–Trinajstić information content (AvgIpc) is 3.35. The molecule has 3 aromatic heterocycles. The molecule has 0 N–H and O–H groups in total. The number of nitrogens with zero attached hydrogens (tertiary/aromatic N) is 3. The first kappa shape index (κ1) is 25.7. The number of hydrogen-bond acceptors (Lipinski definition) is 1. The van der Waals surface area contributed by atoms with Gasteiger partial charge in [0.15, 0.2) is 6.20 Å². The first-order valence-corrected chi connectivity index (χ1v) is 15.0. The van der Waals surface area contributed by atoms with Crippen molar-refractivity contribution in [3.8, 4) is 16.9 Å². The van der Waals surface area contributed by atoms with E-state index in [2.05, 4.69) is 147 Å². The molecule has 0 radical (unpaired) electrons. The Balaban J connectivity index is 1.45. The summed E-state index contributed by atoms with van der Waals surface area (Å²) >= 11 is 0. The molecule has 208 valence electrons. The predicted octanol–water partition coefficient (Wildman–Crippen LogP) is 9.74. The predicted molar refractivity (Wildman–Crippen MR) is 181 cm³/mol. The van der Waals surface area contributed by atoms with Gasteiger partial charge in [0, 0.05) is 33.8 Å². The van der Waals surface area contributed by atoms with E-state index in [0.29, 0.717) is 0 Å². The highest BCUT2D eigenvalue weighted by atomic mass is 15.0. The molecule has 0 atom stereocenters. The maximum absolute atomic E-state index is 4.85. The van der Waals surface area contributed by atoms with Gasteiger partial charge in [-0.15, -0.1) is 0 Å². The summed E-state index contributed by atoms with van der Waals surface area (Å²) in [6.45, 7) is 9.22. The number of fused-ring (bicyclic) bond motifs is 7. The summed E-state index contributed by atoms with van der Waals surface area (Å²) in [6, 6.07) is 37.7. The number of aromatic nitrogens is 3. The summed E-state index contributed by atoms with van der Waals surface area (Å²) in [5.74, 6) is 0. The van der Waals surface area contributed by atoms with E-state index < -0.39 is 0 Å². The number of para-hydroxylation sites is 1. The lowest BCUT2D eigenvalue weighted by Gasteiger charge is -2.24. The van der Waals surface area contributed by atoms with Crippen LogP contribution in [0.5, 0.6) is 0 Å². The van der Waals surface area contributed by atoms with Crippen molar-refractivity contribution < 1.29 is 4.57 Å². The van der Waals surface area contributed by atoms with Crippen LogP contribution in [0.3, 0.4) is 0 Å². The topological polar surface area (TPSA) is 21.7 Å². The quantitative estimate of drug-likeness (QED) is 0.153. The Morgan fingerprint density at radius 1 is 0.628 bits per heavy atom. The summed E-state index contributed by atoms with van der Waals surface area (Å²) in [4.78, 5) is 4.85. The van der Waals surface area contributed by atoms with E-state index in [9.17, 15) is 0 Å². The molecule has 3 nitrogen and oxygen atoms in total. The van der Waals surface area contributed by atoms with Crippen molar-refractivity contribution in [3.63, 3.8) is 0 Å². The first-order chi connectivity index (χ1) is 20.8. The number of aryl methyl sites for hydroxylation is 2. The molecule has 0 aliphatic rings. The molecule has 8 aromatic rings. The first-order valence-electron chi connectivity index (χ1n) is 15.0. The van der Waals surface area contributed by atoms with Crippen molar-refractivity contribution in [2.24, 2.45) is 7.05 Å². The molecule has 0 saturated heterocycles. The minimum atomic E-state index is 0.0170. The van der Waals surface area contributed by atoms with Crippen molar-refractivity contribution in [3.05, 3.63) is 127 Å². The molecule has 3 heteroatoms. The van der Waals surface area contributed by atoms with Crippen molar-refractivity contribution in [1.29, 1.82) is 0 Å². The largest absolute Gasteiger partial charge is 0.293 e. The molecule has 0 amide bonds. The maximum atomic E-state index is 4.85. The zero-order valence-electron chi connectivity index (χ0n) is 25.3. The SMILES string of the molecule is Cc1c(-c2c3ccc4c(-n5c6ccccc6c6cccnc65)cccc4c3cc[n+]2C)cc(C(C)(C)C)c2ccccc12. The number of pyridine rings is 2. The standard InChI is InChI=1S/C40H34N3/c1-25-26-12-6-7-13-29(26)35(40(2,3)4)24-34(25)38-32-20-19-31-27(28(32)21-23-42(38)5)15-10-18-37(31)43-36-17-9-8-14-30(36)33-16-11-22-41-39(33)43/h6-24H,1-5H3/q+1. The lowest BCUT2D eigenvalue weighted by atomic mass is 9.80. The van der Waals surface area contributed by atoms with Gasteiger partial charge in [0.05, 0.1) is 22.2 Å². The van der Waals surface area contributed by atoms with Crippen LogP contribution in [0.25, 0.3) is 71.2 Å². The van der Waals surface area contributed by atoms with Gasteiger partial charge in [0.1, 0.15) is 12.7 Å². The number of hydrogen-bond donors (Lipinski definition) is 0. The highest BCUT2D eigenvalue weighted by Crippen LogP contribution is 2.41. The fourth-order valence-electron chi connectivity index (χ4n) is 7.16. The molecule has 5 aromatic carbocycles. The van der Waals surface area contributed by atoms with Gasteiger partial charge >= 0.3 is 0 Å². The summed E-state index contributed by atoms with van der Waals surface area (Å²) in [6.07, 6.45) is 4.11. The van der Waals surface area contributed by atoms with Crippen LogP contribution in [-0.4, -0.2) is 9.55 Å². The van der Waals surface area contributed by atoms with Crippen LogP contribution in [0.2, 0.25) is 0 Å². The number of benzene rings is 5. The fourth-order valence-corrected chi connectivity index (χ4v) is 7.16. The number of rotatable bonds is 2. The maximum Gasteiger partial charge on any atom is 0.220 e. The van der Waals surface area contributed by atoms with Crippen molar-refractivity contribution in [2.75, 3.05) is 0 Å². The Hall–Kier alpha value is -5.02. The van der Waals surface area contributed by atoms with E-state index >= 15 is 0 Å². The molecule has 0 aliphatic heterocycles. The van der Waals surface area contributed by atoms with Crippen LogP contribution in [0.15, 0.2) is 116 Å². The van der Waals surface area contributed by atoms with Crippen LogP contribution < -0.4 is 4.57 Å². The van der Waals surface area contributed by atoms with Crippen molar-refractivity contribution >= 4 is 54.3 Å². The van der Waals surface area contributed by atoms with Gasteiger partial charge in [0.2, 0.25) is 5.69 Å². The molecule has 0 fully saturated rings. The van der Waals surface area contributed by atoms with Gasteiger partial charge in [-0.2, -0.15) is 0 Å². The second kappa shape index (κ2) is 9.24. The van der Waals surface area contributed by atoms with Crippen LogP contribution in [0.4, 0.5) is 0 Å². The van der Waals surface area contributed by atoms with Crippen LogP contribution >= 0.6 is 0 Å². The normalized spacial score (nSPS) is 12.3. The van der Waals surface area contributed by atoms with Crippen LogP contribution in [0.1, 0.15) is 31.9 Å². The Morgan fingerprint density at radius 2 is 1.30 bits per heavy atom. The molecule has 0 spiro atoms. The molecule has 3 heterocycles. The van der Waals surface area contributed by atoms with E-state index in [0.717, 1.165) is 11.3 Å². The lowest BCUT2D eigenvalue weighted by molar-refractivity contribution is -0.659. The third-order valence-corrected chi connectivity index (χ3v) is 9.20. The average molecular weight is 557 g/mol. The molecule has 0 aliphatic carbocycles. The Kier molecular flexibility index (Phi) is 5.52. The summed E-state index contributed by atoms with van der Waals surface area (Å²) in [7, 11) is 2.17. The van der Waals surface area contributed by atoms with Crippen molar-refractivity contribution in [1.82, 2.24) is 9.55 Å². The molecule has 0 saturated carbocycles. The van der Waals surface area contributed by atoms with Gasteiger partial charge in [-0.25, -0.2) is 9.55 Å². The van der Waals surface area contributed by atoms with Crippen molar-refractivity contribution in [2.45, 2.75) is 33.1 Å². The molecule has 43 heavy (non-hydrogen) atoms. The van der Waals surface area contributed by atoms with Gasteiger partial charge in [-0.05, 0) is 76.0 Å².